The summed E-state index contributed by atoms with van der Waals surface area (Å²) in [5.74, 6) is -0.331. The maximum atomic E-state index is 13.8. The lowest BCUT2D eigenvalue weighted by atomic mass is 10.0. The van der Waals surface area contributed by atoms with E-state index in [4.69, 9.17) is 9.47 Å². The molecule has 2 aromatic carbocycles. The number of ether oxygens (including phenoxy) is 2. The predicted molar refractivity (Wildman–Crippen MR) is 64.9 cm³/mol. The summed E-state index contributed by atoms with van der Waals surface area (Å²) in [6.07, 6.45) is 0. The van der Waals surface area contributed by atoms with Gasteiger partial charge in [-0.15, -0.1) is 0 Å². The van der Waals surface area contributed by atoms with Crippen molar-refractivity contribution < 1.29 is 18.3 Å². The molecule has 4 heteroatoms. The van der Waals surface area contributed by atoms with Gasteiger partial charge in [0, 0.05) is 11.6 Å². The number of hydrogen-bond acceptors (Lipinski definition) is 2. The Bertz CT molecular complexity index is 545. The van der Waals surface area contributed by atoms with E-state index in [-0.39, 0.29) is 5.56 Å². The summed E-state index contributed by atoms with van der Waals surface area (Å²) in [4.78, 5) is 0. The topological polar surface area (TPSA) is 18.5 Å². The van der Waals surface area contributed by atoms with Crippen LogP contribution in [0, 0.1) is 11.6 Å². The van der Waals surface area contributed by atoms with Crippen LogP contribution in [0.15, 0.2) is 36.4 Å². The van der Waals surface area contributed by atoms with Crippen LogP contribution in [0.2, 0.25) is 0 Å². The fraction of sp³-hybridized carbons (Fsp3) is 0.143. The molecule has 0 saturated carbocycles. The summed E-state index contributed by atoms with van der Waals surface area (Å²) in [6.45, 7) is 0. The third kappa shape index (κ3) is 2.14. The standard InChI is InChI=1S/C14H12F2O2/c1-17-12-4-3-5-13(18-2)14(12)10-7-6-9(15)8-11(10)16/h3-8H,1-2H3. The summed E-state index contributed by atoms with van der Waals surface area (Å²) in [5, 5.41) is 0. The zero-order valence-electron chi connectivity index (χ0n) is 10.0. The van der Waals surface area contributed by atoms with Crippen LogP contribution in [0.25, 0.3) is 11.1 Å². The molecule has 0 atom stereocenters. The molecule has 0 aliphatic rings. The van der Waals surface area contributed by atoms with Gasteiger partial charge in [0.2, 0.25) is 0 Å². The van der Waals surface area contributed by atoms with Crippen molar-refractivity contribution >= 4 is 0 Å². The average Bonchev–Trinajstić information content (AvgIpc) is 2.38. The Balaban J connectivity index is 2.68. The molecule has 2 aromatic rings. The number of hydrogen-bond donors (Lipinski definition) is 0. The predicted octanol–water partition coefficient (Wildman–Crippen LogP) is 3.65. The number of methoxy groups -OCH3 is 2. The number of benzene rings is 2. The van der Waals surface area contributed by atoms with Gasteiger partial charge < -0.3 is 9.47 Å². The van der Waals surface area contributed by atoms with E-state index in [2.05, 4.69) is 0 Å². The zero-order chi connectivity index (χ0) is 13.1. The molecule has 0 amide bonds. The van der Waals surface area contributed by atoms with Crippen LogP contribution in [-0.2, 0) is 0 Å². The van der Waals surface area contributed by atoms with Crippen molar-refractivity contribution in [3.8, 4) is 22.6 Å². The van der Waals surface area contributed by atoms with Crippen molar-refractivity contribution in [2.45, 2.75) is 0 Å². The summed E-state index contributed by atoms with van der Waals surface area (Å²) in [7, 11) is 2.97. The minimum atomic E-state index is -0.655. The van der Waals surface area contributed by atoms with E-state index in [0.29, 0.717) is 17.1 Å². The molecular weight excluding hydrogens is 238 g/mol. The van der Waals surface area contributed by atoms with Crippen molar-refractivity contribution in [3.63, 3.8) is 0 Å². The van der Waals surface area contributed by atoms with Crippen molar-refractivity contribution in [3.05, 3.63) is 48.0 Å². The summed E-state index contributed by atoms with van der Waals surface area (Å²) in [6, 6.07) is 8.53. The fourth-order valence-corrected chi connectivity index (χ4v) is 1.81. The molecule has 0 fully saturated rings. The minimum Gasteiger partial charge on any atom is -0.496 e. The smallest absolute Gasteiger partial charge is 0.134 e. The highest BCUT2D eigenvalue weighted by atomic mass is 19.1. The van der Waals surface area contributed by atoms with Gasteiger partial charge in [-0.2, -0.15) is 0 Å². The second kappa shape index (κ2) is 5.04. The van der Waals surface area contributed by atoms with E-state index >= 15 is 0 Å². The van der Waals surface area contributed by atoms with Gasteiger partial charge in [-0.3, -0.25) is 0 Å². The highest BCUT2D eigenvalue weighted by molar-refractivity contribution is 5.77. The van der Waals surface area contributed by atoms with Crippen molar-refractivity contribution in [1.29, 1.82) is 0 Å². The molecule has 0 radical (unpaired) electrons. The molecule has 94 valence electrons. The molecule has 18 heavy (non-hydrogen) atoms. The molecule has 2 rings (SSSR count). The highest BCUT2D eigenvalue weighted by Gasteiger charge is 2.16. The van der Waals surface area contributed by atoms with Gasteiger partial charge in [-0.05, 0) is 24.3 Å². The Morgan fingerprint density at radius 3 is 2.00 bits per heavy atom. The Morgan fingerprint density at radius 1 is 0.889 bits per heavy atom. The van der Waals surface area contributed by atoms with Crippen LogP contribution in [0.3, 0.4) is 0 Å². The van der Waals surface area contributed by atoms with Gasteiger partial charge in [-0.25, -0.2) is 8.78 Å². The van der Waals surface area contributed by atoms with Crippen LogP contribution >= 0.6 is 0 Å². The fourth-order valence-electron chi connectivity index (χ4n) is 1.81. The SMILES string of the molecule is COc1cccc(OC)c1-c1ccc(F)cc1F. The van der Waals surface area contributed by atoms with Crippen molar-refractivity contribution in [2.75, 3.05) is 14.2 Å². The van der Waals surface area contributed by atoms with Crippen LogP contribution in [0.1, 0.15) is 0 Å². The van der Waals surface area contributed by atoms with Crippen LogP contribution in [-0.4, -0.2) is 14.2 Å². The second-order valence-electron chi connectivity index (χ2n) is 3.66. The Morgan fingerprint density at radius 2 is 1.50 bits per heavy atom. The third-order valence-electron chi connectivity index (χ3n) is 2.63. The molecule has 0 N–H and O–H groups in total. The monoisotopic (exact) mass is 250 g/mol. The molecule has 0 unspecified atom stereocenters. The first-order valence-electron chi connectivity index (χ1n) is 5.33. The van der Waals surface area contributed by atoms with Crippen LogP contribution in [0.5, 0.6) is 11.5 Å². The molecular formula is C14H12F2O2. The van der Waals surface area contributed by atoms with Crippen molar-refractivity contribution in [1.82, 2.24) is 0 Å². The molecule has 0 spiro atoms. The summed E-state index contributed by atoms with van der Waals surface area (Å²) >= 11 is 0. The molecule has 2 nitrogen and oxygen atoms in total. The van der Waals surface area contributed by atoms with E-state index in [9.17, 15) is 8.78 Å². The van der Waals surface area contributed by atoms with Crippen LogP contribution < -0.4 is 9.47 Å². The first-order chi connectivity index (χ1) is 8.67. The molecule has 0 aliphatic heterocycles. The number of halogens is 2. The lowest BCUT2D eigenvalue weighted by Gasteiger charge is -2.13. The van der Waals surface area contributed by atoms with Gasteiger partial charge in [0.15, 0.2) is 0 Å². The molecule has 0 saturated heterocycles. The quantitative estimate of drug-likeness (QED) is 0.827. The molecule has 0 heterocycles. The van der Waals surface area contributed by atoms with Crippen molar-refractivity contribution in [2.24, 2.45) is 0 Å². The van der Waals surface area contributed by atoms with Gasteiger partial charge in [0.1, 0.15) is 23.1 Å². The maximum absolute atomic E-state index is 13.8. The lowest BCUT2D eigenvalue weighted by molar-refractivity contribution is 0.397. The summed E-state index contributed by atoms with van der Waals surface area (Å²) < 4.78 is 37.1. The molecule has 0 aliphatic carbocycles. The Hall–Kier alpha value is -2.10. The highest BCUT2D eigenvalue weighted by Crippen LogP contribution is 2.39. The number of rotatable bonds is 3. The van der Waals surface area contributed by atoms with E-state index in [0.717, 1.165) is 6.07 Å². The average molecular weight is 250 g/mol. The summed E-state index contributed by atoms with van der Waals surface area (Å²) in [5.41, 5.74) is 0.714. The maximum Gasteiger partial charge on any atom is 0.134 e. The normalized spacial score (nSPS) is 10.2. The minimum absolute atomic E-state index is 0.241. The lowest BCUT2D eigenvalue weighted by Crippen LogP contribution is -1.95. The first kappa shape index (κ1) is 12.4. The Labute approximate surface area is 104 Å². The van der Waals surface area contributed by atoms with Crippen LogP contribution in [0.4, 0.5) is 8.78 Å². The van der Waals surface area contributed by atoms with E-state index in [1.54, 1.807) is 18.2 Å². The second-order valence-corrected chi connectivity index (χ2v) is 3.66. The van der Waals surface area contributed by atoms with E-state index in [1.165, 1.54) is 26.4 Å². The van der Waals surface area contributed by atoms with E-state index < -0.39 is 11.6 Å². The van der Waals surface area contributed by atoms with Gasteiger partial charge in [0.05, 0.1) is 19.8 Å². The third-order valence-corrected chi connectivity index (χ3v) is 2.63. The van der Waals surface area contributed by atoms with E-state index in [1.807, 2.05) is 0 Å². The van der Waals surface area contributed by atoms with Gasteiger partial charge in [0.25, 0.3) is 0 Å². The largest absolute Gasteiger partial charge is 0.496 e. The Kier molecular flexibility index (Phi) is 3.46. The molecule has 0 bridgehead atoms. The van der Waals surface area contributed by atoms with Gasteiger partial charge in [-0.1, -0.05) is 6.07 Å². The zero-order valence-corrected chi connectivity index (χ0v) is 10.0. The van der Waals surface area contributed by atoms with Gasteiger partial charge >= 0.3 is 0 Å². The molecule has 0 aromatic heterocycles. The first-order valence-corrected chi connectivity index (χ1v) is 5.33.